The van der Waals surface area contributed by atoms with Crippen molar-refractivity contribution in [3.05, 3.63) is 28.8 Å². The van der Waals surface area contributed by atoms with Gasteiger partial charge in [-0.3, -0.25) is 0 Å². The number of aromatic carboxylic acids is 1. The molecule has 0 atom stereocenters. The number of rotatable bonds is 3. The molecule has 110 valence electrons. The minimum absolute atomic E-state index is 0.0774. The van der Waals surface area contributed by atoms with Crippen molar-refractivity contribution in [2.45, 2.75) is 64.9 Å². The number of carbonyl (C=O) groups is 1. The van der Waals surface area contributed by atoms with E-state index in [-0.39, 0.29) is 11.0 Å². The van der Waals surface area contributed by atoms with Crippen LogP contribution in [0.3, 0.4) is 0 Å². The van der Waals surface area contributed by atoms with E-state index in [1.165, 1.54) is 0 Å². The standard InChI is InChI=1S/C17H24O3/c1-6-7-11-8-14-13(9-12(11)15(18)19)16(2,3)10-17(4,5)20-14/h8-9H,6-7,10H2,1-5H3,(H,18,19). The zero-order valence-corrected chi connectivity index (χ0v) is 13.0. The number of benzene rings is 1. The van der Waals surface area contributed by atoms with Crippen LogP contribution in [0.15, 0.2) is 12.1 Å². The molecule has 0 radical (unpaired) electrons. The molecule has 0 spiro atoms. The maximum atomic E-state index is 11.5. The van der Waals surface area contributed by atoms with Gasteiger partial charge in [-0.05, 0) is 49.8 Å². The summed E-state index contributed by atoms with van der Waals surface area (Å²) in [6.45, 7) is 10.5. The highest BCUT2D eigenvalue weighted by molar-refractivity contribution is 5.90. The van der Waals surface area contributed by atoms with E-state index in [1.807, 2.05) is 12.1 Å². The summed E-state index contributed by atoms with van der Waals surface area (Å²) in [6.07, 6.45) is 2.56. The second-order valence-electron chi connectivity index (χ2n) is 6.98. The molecule has 0 saturated heterocycles. The highest BCUT2D eigenvalue weighted by atomic mass is 16.5. The van der Waals surface area contributed by atoms with Gasteiger partial charge in [0.2, 0.25) is 0 Å². The third-order valence-electron chi connectivity index (χ3n) is 3.94. The lowest BCUT2D eigenvalue weighted by Gasteiger charge is -2.42. The molecule has 0 aromatic heterocycles. The molecule has 2 rings (SSSR count). The number of aryl methyl sites for hydroxylation is 1. The summed E-state index contributed by atoms with van der Waals surface area (Å²) < 4.78 is 6.08. The summed E-state index contributed by atoms with van der Waals surface area (Å²) in [5.41, 5.74) is 2.00. The van der Waals surface area contributed by atoms with E-state index in [2.05, 4.69) is 34.6 Å². The highest BCUT2D eigenvalue weighted by Gasteiger charge is 2.39. The summed E-state index contributed by atoms with van der Waals surface area (Å²) in [5.74, 6) is -0.00316. The summed E-state index contributed by atoms with van der Waals surface area (Å²) in [7, 11) is 0. The smallest absolute Gasteiger partial charge is 0.335 e. The van der Waals surface area contributed by atoms with Gasteiger partial charge in [-0.2, -0.15) is 0 Å². The Balaban J connectivity index is 2.61. The lowest BCUT2D eigenvalue weighted by atomic mass is 9.73. The number of carboxylic acids is 1. The molecule has 0 saturated carbocycles. The predicted molar refractivity (Wildman–Crippen MR) is 79.7 cm³/mol. The maximum Gasteiger partial charge on any atom is 0.335 e. The highest BCUT2D eigenvalue weighted by Crippen LogP contribution is 2.45. The Labute approximate surface area is 121 Å². The number of ether oxygens (including phenoxy) is 1. The zero-order valence-electron chi connectivity index (χ0n) is 13.0. The molecular formula is C17H24O3. The molecule has 0 unspecified atom stereocenters. The van der Waals surface area contributed by atoms with Crippen LogP contribution in [0.1, 0.15) is 68.9 Å². The van der Waals surface area contributed by atoms with Crippen LogP contribution in [0, 0.1) is 0 Å². The van der Waals surface area contributed by atoms with Gasteiger partial charge in [-0.1, -0.05) is 27.2 Å². The molecule has 3 heteroatoms. The lowest BCUT2D eigenvalue weighted by Crippen LogP contribution is -2.41. The second-order valence-corrected chi connectivity index (χ2v) is 6.98. The van der Waals surface area contributed by atoms with Crippen LogP contribution in [0.2, 0.25) is 0 Å². The molecule has 0 amide bonds. The quantitative estimate of drug-likeness (QED) is 0.901. The number of hydrogen-bond donors (Lipinski definition) is 1. The Morgan fingerprint density at radius 1 is 1.30 bits per heavy atom. The third-order valence-corrected chi connectivity index (χ3v) is 3.94. The first-order valence-electron chi connectivity index (χ1n) is 7.26. The van der Waals surface area contributed by atoms with Crippen LogP contribution in [0.5, 0.6) is 5.75 Å². The van der Waals surface area contributed by atoms with E-state index in [1.54, 1.807) is 0 Å². The SMILES string of the molecule is CCCc1cc2c(cc1C(=O)O)C(C)(C)CC(C)(C)O2. The van der Waals surface area contributed by atoms with Crippen LogP contribution < -0.4 is 4.74 Å². The van der Waals surface area contributed by atoms with Crippen LogP contribution in [-0.2, 0) is 11.8 Å². The molecule has 1 aromatic carbocycles. The van der Waals surface area contributed by atoms with Gasteiger partial charge in [0.15, 0.2) is 0 Å². The van der Waals surface area contributed by atoms with Crippen LogP contribution >= 0.6 is 0 Å². The zero-order chi connectivity index (χ0) is 15.1. The monoisotopic (exact) mass is 276 g/mol. The summed E-state index contributed by atoms with van der Waals surface area (Å²) in [6, 6.07) is 3.75. The van der Waals surface area contributed by atoms with Gasteiger partial charge in [0, 0.05) is 5.56 Å². The van der Waals surface area contributed by atoms with Crippen molar-refractivity contribution in [2.24, 2.45) is 0 Å². The van der Waals surface area contributed by atoms with Crippen LogP contribution in [0.25, 0.3) is 0 Å². The first-order valence-corrected chi connectivity index (χ1v) is 7.26. The molecule has 0 aliphatic carbocycles. The molecule has 0 fully saturated rings. The lowest BCUT2D eigenvalue weighted by molar-refractivity contribution is 0.0531. The topological polar surface area (TPSA) is 46.5 Å². The Morgan fingerprint density at radius 3 is 2.50 bits per heavy atom. The molecule has 1 aromatic rings. The van der Waals surface area contributed by atoms with Gasteiger partial charge in [-0.15, -0.1) is 0 Å². The molecule has 1 heterocycles. The molecule has 1 aliphatic rings. The van der Waals surface area contributed by atoms with Crippen molar-refractivity contribution >= 4 is 5.97 Å². The average Bonchev–Trinajstić information content (AvgIpc) is 2.25. The van der Waals surface area contributed by atoms with E-state index in [0.717, 1.165) is 36.1 Å². The van der Waals surface area contributed by atoms with Crippen molar-refractivity contribution in [1.29, 1.82) is 0 Å². The molecule has 0 bridgehead atoms. The van der Waals surface area contributed by atoms with Gasteiger partial charge in [-0.25, -0.2) is 4.79 Å². The fourth-order valence-corrected chi connectivity index (χ4v) is 3.40. The van der Waals surface area contributed by atoms with Crippen molar-refractivity contribution in [1.82, 2.24) is 0 Å². The Hall–Kier alpha value is -1.51. The Morgan fingerprint density at radius 2 is 1.95 bits per heavy atom. The Kier molecular flexibility index (Phi) is 3.57. The minimum atomic E-state index is -0.850. The van der Waals surface area contributed by atoms with Gasteiger partial charge in [0.25, 0.3) is 0 Å². The minimum Gasteiger partial charge on any atom is -0.488 e. The van der Waals surface area contributed by atoms with E-state index in [4.69, 9.17) is 4.74 Å². The number of carboxylic acid groups (broad SMARTS) is 1. The summed E-state index contributed by atoms with van der Waals surface area (Å²) >= 11 is 0. The molecule has 3 nitrogen and oxygen atoms in total. The van der Waals surface area contributed by atoms with Crippen LogP contribution in [-0.4, -0.2) is 16.7 Å². The molecule has 1 N–H and O–H groups in total. The predicted octanol–water partition coefficient (Wildman–Crippen LogP) is 4.18. The molecular weight excluding hydrogens is 252 g/mol. The maximum absolute atomic E-state index is 11.5. The second kappa shape index (κ2) is 4.80. The molecule has 1 aliphatic heterocycles. The number of fused-ring (bicyclic) bond motifs is 1. The number of hydrogen-bond acceptors (Lipinski definition) is 2. The first-order chi connectivity index (χ1) is 9.16. The third kappa shape index (κ3) is 2.67. The average molecular weight is 276 g/mol. The Bertz CT molecular complexity index is 541. The van der Waals surface area contributed by atoms with Crippen molar-refractivity contribution in [3.63, 3.8) is 0 Å². The van der Waals surface area contributed by atoms with Gasteiger partial charge in [0.05, 0.1) is 5.56 Å². The van der Waals surface area contributed by atoms with Crippen molar-refractivity contribution in [3.8, 4) is 5.75 Å². The van der Waals surface area contributed by atoms with E-state index in [0.29, 0.717) is 5.56 Å². The van der Waals surface area contributed by atoms with E-state index in [9.17, 15) is 9.90 Å². The van der Waals surface area contributed by atoms with E-state index >= 15 is 0 Å². The fourth-order valence-electron chi connectivity index (χ4n) is 3.40. The normalized spacial score (nSPS) is 19.1. The van der Waals surface area contributed by atoms with Gasteiger partial charge in [0.1, 0.15) is 11.4 Å². The van der Waals surface area contributed by atoms with Crippen molar-refractivity contribution in [2.75, 3.05) is 0 Å². The molecule has 20 heavy (non-hydrogen) atoms. The van der Waals surface area contributed by atoms with Gasteiger partial charge >= 0.3 is 5.97 Å². The van der Waals surface area contributed by atoms with Gasteiger partial charge < -0.3 is 9.84 Å². The van der Waals surface area contributed by atoms with E-state index < -0.39 is 5.97 Å². The largest absolute Gasteiger partial charge is 0.488 e. The summed E-state index contributed by atoms with van der Waals surface area (Å²) in [5, 5.41) is 9.43. The fraction of sp³-hybridized carbons (Fsp3) is 0.588. The first kappa shape index (κ1) is 14.9. The van der Waals surface area contributed by atoms with Crippen molar-refractivity contribution < 1.29 is 14.6 Å². The van der Waals surface area contributed by atoms with Crippen LogP contribution in [0.4, 0.5) is 0 Å². The summed E-state index contributed by atoms with van der Waals surface area (Å²) in [4.78, 5) is 11.5.